The minimum Gasteiger partial charge on any atom is -0.463 e. The Kier molecular flexibility index (Phi) is 6.28. The highest BCUT2D eigenvalue weighted by molar-refractivity contribution is 7.99. The number of nitrogens with one attached hydrogen (secondary N) is 1. The second-order valence-electron chi connectivity index (χ2n) is 6.84. The van der Waals surface area contributed by atoms with Crippen molar-refractivity contribution < 1.29 is 9.21 Å². The lowest BCUT2D eigenvalue weighted by atomic mass is 10.1. The molecule has 8 heteroatoms. The lowest BCUT2D eigenvalue weighted by Crippen LogP contribution is -2.21. The van der Waals surface area contributed by atoms with Crippen molar-refractivity contribution in [3.8, 4) is 17.1 Å². The summed E-state index contributed by atoms with van der Waals surface area (Å²) >= 11 is 1.30. The van der Waals surface area contributed by atoms with Crippen molar-refractivity contribution in [3.63, 3.8) is 0 Å². The fourth-order valence-corrected chi connectivity index (χ4v) is 3.66. The standard InChI is InChI=1S/C23H21N5O2S/c1-16-10-12-18(13-11-16)22-26-27-23(28(22)19-7-4-3-5-8-19)31-15-21(29)25-24-17(2)20-9-6-14-30-20/h3-14H,15H2,1-2H3,(H,25,29). The van der Waals surface area contributed by atoms with E-state index >= 15 is 0 Å². The maximum absolute atomic E-state index is 12.3. The van der Waals surface area contributed by atoms with Gasteiger partial charge in [-0.2, -0.15) is 5.10 Å². The second-order valence-corrected chi connectivity index (χ2v) is 7.78. The smallest absolute Gasteiger partial charge is 0.250 e. The number of amides is 1. The van der Waals surface area contributed by atoms with Crippen molar-refractivity contribution in [1.82, 2.24) is 20.2 Å². The van der Waals surface area contributed by atoms with E-state index in [2.05, 4.69) is 20.7 Å². The van der Waals surface area contributed by atoms with E-state index in [-0.39, 0.29) is 11.7 Å². The van der Waals surface area contributed by atoms with Gasteiger partial charge in [-0.15, -0.1) is 10.2 Å². The first-order valence-corrected chi connectivity index (χ1v) is 10.7. The molecule has 4 aromatic rings. The summed E-state index contributed by atoms with van der Waals surface area (Å²) in [6.45, 7) is 3.81. The molecule has 0 spiro atoms. The van der Waals surface area contributed by atoms with Crippen LogP contribution in [0, 0.1) is 6.92 Å². The highest BCUT2D eigenvalue weighted by atomic mass is 32.2. The molecule has 7 nitrogen and oxygen atoms in total. The number of aromatic nitrogens is 3. The van der Waals surface area contributed by atoms with Crippen molar-refractivity contribution in [2.75, 3.05) is 5.75 Å². The number of benzene rings is 2. The number of furan rings is 1. The summed E-state index contributed by atoms with van der Waals surface area (Å²) in [4.78, 5) is 12.3. The zero-order valence-electron chi connectivity index (χ0n) is 17.1. The first-order chi connectivity index (χ1) is 15.1. The van der Waals surface area contributed by atoms with Crippen LogP contribution >= 0.6 is 11.8 Å². The van der Waals surface area contributed by atoms with Crippen LogP contribution in [0.25, 0.3) is 17.1 Å². The summed E-state index contributed by atoms with van der Waals surface area (Å²) in [5, 5.41) is 13.5. The molecule has 4 rings (SSSR count). The zero-order chi connectivity index (χ0) is 21.6. The first-order valence-electron chi connectivity index (χ1n) is 9.69. The third kappa shape index (κ3) is 4.92. The van der Waals surface area contributed by atoms with Gasteiger partial charge in [0.15, 0.2) is 11.0 Å². The highest BCUT2D eigenvalue weighted by Crippen LogP contribution is 2.28. The van der Waals surface area contributed by atoms with Crippen LogP contribution in [0.1, 0.15) is 18.2 Å². The van der Waals surface area contributed by atoms with Gasteiger partial charge in [-0.1, -0.05) is 59.8 Å². The molecular formula is C23H21N5O2S. The van der Waals surface area contributed by atoms with E-state index in [0.29, 0.717) is 16.6 Å². The first kappa shape index (κ1) is 20.6. The van der Waals surface area contributed by atoms with Crippen LogP contribution in [0.3, 0.4) is 0 Å². The number of para-hydroxylation sites is 1. The number of nitrogens with zero attached hydrogens (tertiary/aromatic N) is 4. The molecule has 0 bridgehead atoms. The van der Waals surface area contributed by atoms with Gasteiger partial charge in [-0.05, 0) is 38.1 Å². The molecule has 0 saturated carbocycles. The molecule has 0 atom stereocenters. The Hall–Kier alpha value is -3.65. The fraction of sp³-hybridized carbons (Fsp3) is 0.130. The number of aryl methyl sites for hydroxylation is 1. The number of carbonyl (C=O) groups is 1. The van der Waals surface area contributed by atoms with Crippen LogP contribution in [0.15, 0.2) is 87.7 Å². The van der Waals surface area contributed by atoms with Crippen LogP contribution in [-0.2, 0) is 4.79 Å². The van der Waals surface area contributed by atoms with Gasteiger partial charge in [0.1, 0.15) is 11.5 Å². The number of hydrogen-bond acceptors (Lipinski definition) is 6. The van der Waals surface area contributed by atoms with E-state index in [9.17, 15) is 4.79 Å². The molecule has 2 heterocycles. The van der Waals surface area contributed by atoms with Gasteiger partial charge < -0.3 is 4.42 Å². The lowest BCUT2D eigenvalue weighted by molar-refractivity contribution is -0.118. The lowest BCUT2D eigenvalue weighted by Gasteiger charge is -2.10. The Bertz CT molecular complexity index is 1180. The van der Waals surface area contributed by atoms with Gasteiger partial charge in [0.05, 0.1) is 12.0 Å². The van der Waals surface area contributed by atoms with Crippen LogP contribution in [0.5, 0.6) is 0 Å². The maximum Gasteiger partial charge on any atom is 0.250 e. The summed E-state index contributed by atoms with van der Waals surface area (Å²) in [6, 6.07) is 21.5. The Morgan fingerprint density at radius 1 is 1.06 bits per heavy atom. The van der Waals surface area contributed by atoms with Crippen molar-refractivity contribution >= 4 is 23.4 Å². The molecular weight excluding hydrogens is 410 g/mol. The Balaban J connectivity index is 1.53. The minimum atomic E-state index is -0.240. The number of rotatable bonds is 7. The molecule has 0 radical (unpaired) electrons. The highest BCUT2D eigenvalue weighted by Gasteiger charge is 2.17. The average molecular weight is 432 g/mol. The van der Waals surface area contributed by atoms with Crippen LogP contribution in [-0.4, -0.2) is 32.1 Å². The van der Waals surface area contributed by atoms with E-state index in [1.807, 2.05) is 66.1 Å². The molecule has 0 fully saturated rings. The molecule has 0 aliphatic heterocycles. The summed E-state index contributed by atoms with van der Waals surface area (Å²) in [5.74, 6) is 1.24. The molecule has 31 heavy (non-hydrogen) atoms. The second kappa shape index (κ2) is 9.44. The summed E-state index contributed by atoms with van der Waals surface area (Å²) < 4.78 is 7.22. The molecule has 1 amide bonds. The van der Waals surface area contributed by atoms with E-state index in [1.165, 1.54) is 17.3 Å². The predicted molar refractivity (Wildman–Crippen MR) is 121 cm³/mol. The van der Waals surface area contributed by atoms with E-state index in [0.717, 1.165) is 17.1 Å². The quantitative estimate of drug-likeness (QED) is 0.265. The molecule has 2 aromatic carbocycles. The van der Waals surface area contributed by atoms with Crippen molar-refractivity contribution in [2.45, 2.75) is 19.0 Å². The third-order valence-corrected chi connectivity index (χ3v) is 5.44. The van der Waals surface area contributed by atoms with Gasteiger partial charge in [-0.3, -0.25) is 9.36 Å². The average Bonchev–Trinajstić information content (AvgIpc) is 3.47. The van der Waals surface area contributed by atoms with Crippen LogP contribution in [0.4, 0.5) is 0 Å². The number of thioether (sulfide) groups is 1. The molecule has 1 N–H and O–H groups in total. The summed E-state index contributed by atoms with van der Waals surface area (Å²) in [6.07, 6.45) is 1.56. The minimum absolute atomic E-state index is 0.147. The maximum atomic E-state index is 12.3. The zero-order valence-corrected chi connectivity index (χ0v) is 18.0. The van der Waals surface area contributed by atoms with Crippen LogP contribution in [0.2, 0.25) is 0 Å². The van der Waals surface area contributed by atoms with Gasteiger partial charge in [0, 0.05) is 11.3 Å². The Morgan fingerprint density at radius 3 is 2.55 bits per heavy atom. The number of hydrogen-bond donors (Lipinski definition) is 1. The molecule has 156 valence electrons. The Morgan fingerprint density at radius 2 is 1.84 bits per heavy atom. The third-order valence-electron chi connectivity index (χ3n) is 4.52. The topological polar surface area (TPSA) is 85.3 Å². The normalized spacial score (nSPS) is 11.5. The van der Waals surface area contributed by atoms with Gasteiger partial charge in [0.25, 0.3) is 5.91 Å². The van der Waals surface area contributed by atoms with Crippen molar-refractivity contribution in [2.24, 2.45) is 5.10 Å². The predicted octanol–water partition coefficient (Wildman–Crippen LogP) is 4.47. The van der Waals surface area contributed by atoms with E-state index in [4.69, 9.17) is 4.42 Å². The molecule has 0 saturated heterocycles. The summed E-state index contributed by atoms with van der Waals surface area (Å²) in [5.41, 5.74) is 6.21. The number of carbonyl (C=O) groups excluding carboxylic acids is 1. The molecule has 0 aliphatic rings. The SMILES string of the molecule is CC(=NNC(=O)CSc1nnc(-c2ccc(C)cc2)n1-c1ccccc1)c1ccco1. The fourth-order valence-electron chi connectivity index (χ4n) is 2.91. The Labute approximate surface area is 184 Å². The molecule has 2 aromatic heterocycles. The molecule has 0 aliphatic carbocycles. The van der Waals surface area contributed by atoms with Crippen molar-refractivity contribution in [3.05, 3.63) is 84.3 Å². The van der Waals surface area contributed by atoms with Crippen LogP contribution < -0.4 is 5.43 Å². The number of hydrazone groups is 1. The van der Waals surface area contributed by atoms with Crippen molar-refractivity contribution in [1.29, 1.82) is 0 Å². The van der Waals surface area contributed by atoms with E-state index in [1.54, 1.807) is 25.3 Å². The largest absolute Gasteiger partial charge is 0.463 e. The van der Waals surface area contributed by atoms with Gasteiger partial charge in [-0.25, -0.2) is 5.43 Å². The van der Waals surface area contributed by atoms with E-state index < -0.39 is 0 Å². The molecule has 0 unspecified atom stereocenters. The van der Waals surface area contributed by atoms with Gasteiger partial charge >= 0.3 is 0 Å². The monoisotopic (exact) mass is 431 g/mol. The van der Waals surface area contributed by atoms with Gasteiger partial charge in [0.2, 0.25) is 0 Å². The summed E-state index contributed by atoms with van der Waals surface area (Å²) in [7, 11) is 0.